The molecule has 0 aliphatic rings. The molecule has 8 heteroatoms. The molecule has 0 unspecified atom stereocenters. The fourth-order valence-electron chi connectivity index (χ4n) is 3.47. The first-order valence-electron chi connectivity index (χ1n) is 10.6. The van der Waals surface area contributed by atoms with Gasteiger partial charge in [0.1, 0.15) is 18.1 Å². The summed E-state index contributed by atoms with van der Waals surface area (Å²) in [5.74, 6) is -1.02. The Morgan fingerprint density at radius 2 is 1.68 bits per heavy atom. The van der Waals surface area contributed by atoms with E-state index in [0.29, 0.717) is 28.3 Å². The number of methoxy groups -OCH3 is 1. The number of carbonyl (C=O) groups excluding carboxylic acids is 2. The second-order valence-electron chi connectivity index (χ2n) is 7.70. The SMILES string of the molecule is COCC(=O)Nc1cccc(NC(=O)c2cn(-c3ccc(F)cc3)nc2-c2cccc(C)c2)c1. The number of nitrogens with zero attached hydrogens (tertiary/aromatic N) is 2. The fourth-order valence-corrected chi connectivity index (χ4v) is 3.47. The quantitative estimate of drug-likeness (QED) is 0.416. The van der Waals surface area contributed by atoms with Crippen LogP contribution in [0.4, 0.5) is 15.8 Å². The average molecular weight is 458 g/mol. The van der Waals surface area contributed by atoms with E-state index in [1.54, 1.807) is 47.3 Å². The first-order chi connectivity index (χ1) is 16.4. The Kier molecular flexibility index (Phi) is 6.79. The van der Waals surface area contributed by atoms with Gasteiger partial charge < -0.3 is 15.4 Å². The molecule has 0 atom stereocenters. The number of halogens is 1. The van der Waals surface area contributed by atoms with Gasteiger partial charge in [-0.15, -0.1) is 0 Å². The number of carbonyl (C=O) groups is 2. The summed E-state index contributed by atoms with van der Waals surface area (Å²) in [5.41, 5.74) is 4.31. The Labute approximate surface area is 196 Å². The van der Waals surface area contributed by atoms with Gasteiger partial charge in [0.2, 0.25) is 5.91 Å². The molecule has 2 N–H and O–H groups in total. The van der Waals surface area contributed by atoms with E-state index in [1.807, 2.05) is 31.2 Å². The Hall–Kier alpha value is -4.30. The second-order valence-corrected chi connectivity index (χ2v) is 7.70. The highest BCUT2D eigenvalue weighted by Crippen LogP contribution is 2.26. The van der Waals surface area contributed by atoms with Gasteiger partial charge in [-0.1, -0.05) is 29.8 Å². The molecule has 34 heavy (non-hydrogen) atoms. The number of ether oxygens (including phenoxy) is 1. The normalized spacial score (nSPS) is 10.7. The molecule has 0 saturated heterocycles. The topological polar surface area (TPSA) is 85.3 Å². The highest BCUT2D eigenvalue weighted by Gasteiger charge is 2.19. The lowest BCUT2D eigenvalue weighted by molar-refractivity contribution is -0.119. The van der Waals surface area contributed by atoms with E-state index in [2.05, 4.69) is 15.7 Å². The van der Waals surface area contributed by atoms with Crippen molar-refractivity contribution in [3.05, 3.63) is 95.9 Å². The van der Waals surface area contributed by atoms with Gasteiger partial charge in [0.15, 0.2) is 0 Å². The first kappa shape index (κ1) is 22.9. The van der Waals surface area contributed by atoms with Crippen LogP contribution in [0.5, 0.6) is 0 Å². The molecule has 0 aliphatic carbocycles. The summed E-state index contributed by atoms with van der Waals surface area (Å²) in [6.45, 7) is 1.89. The van der Waals surface area contributed by atoms with Gasteiger partial charge in [-0.3, -0.25) is 9.59 Å². The zero-order valence-corrected chi connectivity index (χ0v) is 18.7. The van der Waals surface area contributed by atoms with E-state index in [4.69, 9.17) is 4.74 Å². The number of aryl methyl sites for hydroxylation is 1. The van der Waals surface area contributed by atoms with E-state index in [0.717, 1.165) is 11.1 Å². The third-order valence-corrected chi connectivity index (χ3v) is 5.02. The van der Waals surface area contributed by atoms with E-state index >= 15 is 0 Å². The number of amides is 2. The Balaban J connectivity index is 1.66. The van der Waals surface area contributed by atoms with Crippen molar-refractivity contribution in [3.63, 3.8) is 0 Å². The molecule has 0 spiro atoms. The highest BCUT2D eigenvalue weighted by molar-refractivity contribution is 6.08. The molecule has 0 fully saturated rings. The molecule has 3 aromatic carbocycles. The van der Waals surface area contributed by atoms with Gasteiger partial charge in [-0.25, -0.2) is 9.07 Å². The van der Waals surface area contributed by atoms with Crippen molar-refractivity contribution >= 4 is 23.2 Å². The maximum atomic E-state index is 13.4. The first-order valence-corrected chi connectivity index (χ1v) is 10.6. The molecule has 2 amide bonds. The molecule has 0 aliphatic heterocycles. The minimum absolute atomic E-state index is 0.0704. The maximum absolute atomic E-state index is 13.4. The number of anilines is 2. The lowest BCUT2D eigenvalue weighted by Gasteiger charge is -2.09. The van der Waals surface area contributed by atoms with Crippen LogP contribution in [-0.4, -0.2) is 35.3 Å². The minimum Gasteiger partial charge on any atom is -0.375 e. The summed E-state index contributed by atoms with van der Waals surface area (Å²) in [4.78, 5) is 25.1. The van der Waals surface area contributed by atoms with E-state index in [9.17, 15) is 14.0 Å². The second kappa shape index (κ2) is 10.1. The summed E-state index contributed by atoms with van der Waals surface area (Å²) in [7, 11) is 1.44. The Morgan fingerprint density at radius 1 is 0.971 bits per heavy atom. The number of aromatic nitrogens is 2. The van der Waals surface area contributed by atoms with E-state index in [-0.39, 0.29) is 24.2 Å². The zero-order chi connectivity index (χ0) is 24.1. The number of nitrogens with one attached hydrogen (secondary N) is 2. The molecule has 172 valence electrons. The third kappa shape index (κ3) is 5.36. The van der Waals surface area contributed by atoms with Crippen LogP contribution in [0.3, 0.4) is 0 Å². The molecular formula is C26H23FN4O3. The van der Waals surface area contributed by atoms with Crippen LogP contribution in [0.1, 0.15) is 15.9 Å². The van der Waals surface area contributed by atoms with Crippen molar-refractivity contribution in [2.45, 2.75) is 6.92 Å². The zero-order valence-electron chi connectivity index (χ0n) is 18.7. The van der Waals surface area contributed by atoms with Crippen LogP contribution in [0, 0.1) is 12.7 Å². The molecule has 0 saturated carbocycles. The number of rotatable bonds is 7. The fraction of sp³-hybridized carbons (Fsp3) is 0.115. The molecule has 4 rings (SSSR count). The van der Waals surface area contributed by atoms with Crippen molar-refractivity contribution in [1.82, 2.24) is 9.78 Å². The average Bonchev–Trinajstić information content (AvgIpc) is 3.26. The van der Waals surface area contributed by atoms with Crippen LogP contribution in [0.15, 0.2) is 79.0 Å². The number of hydrogen-bond acceptors (Lipinski definition) is 4. The molecule has 1 aromatic heterocycles. The molecular weight excluding hydrogens is 435 g/mol. The smallest absolute Gasteiger partial charge is 0.259 e. The summed E-state index contributed by atoms with van der Waals surface area (Å²) < 4.78 is 19.8. The van der Waals surface area contributed by atoms with Crippen LogP contribution in [-0.2, 0) is 9.53 Å². The van der Waals surface area contributed by atoms with E-state index in [1.165, 1.54) is 19.2 Å². The van der Waals surface area contributed by atoms with Gasteiger partial charge in [-0.2, -0.15) is 5.10 Å². The lowest BCUT2D eigenvalue weighted by atomic mass is 10.1. The lowest BCUT2D eigenvalue weighted by Crippen LogP contribution is -2.17. The molecule has 4 aromatic rings. The molecule has 7 nitrogen and oxygen atoms in total. The largest absolute Gasteiger partial charge is 0.375 e. The summed E-state index contributed by atoms with van der Waals surface area (Å²) in [6, 6.07) is 20.4. The molecule has 0 bridgehead atoms. The predicted octanol–water partition coefficient (Wildman–Crippen LogP) is 4.82. The monoisotopic (exact) mass is 458 g/mol. The Bertz CT molecular complexity index is 1330. The van der Waals surface area contributed by atoms with Gasteiger partial charge >= 0.3 is 0 Å². The number of hydrogen-bond donors (Lipinski definition) is 2. The van der Waals surface area contributed by atoms with Gasteiger partial charge in [0.05, 0.1) is 11.3 Å². The minimum atomic E-state index is -0.370. The van der Waals surface area contributed by atoms with Crippen molar-refractivity contribution < 1.29 is 18.7 Å². The summed E-state index contributed by atoms with van der Waals surface area (Å²) >= 11 is 0. The van der Waals surface area contributed by atoms with Crippen LogP contribution in [0.2, 0.25) is 0 Å². The summed E-state index contributed by atoms with van der Waals surface area (Å²) in [5, 5.41) is 10.2. The van der Waals surface area contributed by atoms with Crippen LogP contribution < -0.4 is 10.6 Å². The van der Waals surface area contributed by atoms with Gasteiger partial charge in [0, 0.05) is 30.2 Å². The highest BCUT2D eigenvalue weighted by atomic mass is 19.1. The third-order valence-electron chi connectivity index (χ3n) is 5.02. The van der Waals surface area contributed by atoms with Gasteiger partial charge in [0.25, 0.3) is 5.91 Å². The van der Waals surface area contributed by atoms with Crippen LogP contribution >= 0.6 is 0 Å². The van der Waals surface area contributed by atoms with Gasteiger partial charge in [-0.05, 0) is 55.5 Å². The van der Waals surface area contributed by atoms with Crippen molar-refractivity contribution in [2.24, 2.45) is 0 Å². The van der Waals surface area contributed by atoms with Crippen molar-refractivity contribution in [2.75, 3.05) is 24.4 Å². The molecule has 1 heterocycles. The van der Waals surface area contributed by atoms with E-state index < -0.39 is 0 Å². The van der Waals surface area contributed by atoms with Crippen molar-refractivity contribution in [1.29, 1.82) is 0 Å². The Morgan fingerprint density at radius 3 is 2.38 bits per heavy atom. The number of benzene rings is 3. The standard InChI is InChI=1S/C26H23FN4O3/c1-17-5-3-6-18(13-17)25-23(15-31(30-25)22-11-9-19(27)10-12-22)26(33)29-21-8-4-7-20(14-21)28-24(32)16-34-2/h3-15H,16H2,1-2H3,(H,28,32)(H,29,33). The summed E-state index contributed by atoms with van der Waals surface area (Å²) in [6.07, 6.45) is 1.62. The van der Waals surface area contributed by atoms with Crippen LogP contribution in [0.25, 0.3) is 16.9 Å². The maximum Gasteiger partial charge on any atom is 0.259 e. The van der Waals surface area contributed by atoms with Crippen molar-refractivity contribution in [3.8, 4) is 16.9 Å². The predicted molar refractivity (Wildman–Crippen MR) is 129 cm³/mol. The molecule has 0 radical (unpaired) electrons.